The average Bonchev–Trinajstić information content (AvgIpc) is 2.92. The lowest BCUT2D eigenvalue weighted by atomic mass is 9.53. The van der Waals surface area contributed by atoms with Gasteiger partial charge in [0.1, 0.15) is 6.10 Å². The number of fused-ring (bicyclic) bond motifs is 2. The number of hydrogen-bond acceptors (Lipinski definition) is 6. The van der Waals surface area contributed by atoms with Crippen molar-refractivity contribution in [1.82, 2.24) is 0 Å². The second kappa shape index (κ2) is 9.31. The fraction of sp³-hybridized carbons (Fsp3) is 0.933. The quantitative estimate of drug-likeness (QED) is 0.419. The third-order valence-electron chi connectivity index (χ3n) is 11.3. The van der Waals surface area contributed by atoms with Gasteiger partial charge in [-0.15, -0.1) is 0 Å². The van der Waals surface area contributed by atoms with Crippen molar-refractivity contribution in [1.29, 1.82) is 0 Å². The van der Waals surface area contributed by atoms with Crippen molar-refractivity contribution >= 4 is 0 Å². The van der Waals surface area contributed by atoms with Gasteiger partial charge in [-0.3, -0.25) is 0 Å². The molecule has 4 N–H and O–H groups in total. The first kappa shape index (κ1) is 28.5. The summed E-state index contributed by atoms with van der Waals surface area (Å²) >= 11 is 0. The van der Waals surface area contributed by atoms with Crippen molar-refractivity contribution in [2.45, 2.75) is 154 Å². The molecule has 2 aliphatic heterocycles. The maximum Gasteiger partial charge on any atom is 0.108 e. The fourth-order valence-electron chi connectivity index (χ4n) is 8.45. The van der Waals surface area contributed by atoms with Gasteiger partial charge in [-0.1, -0.05) is 32.9 Å². The largest absolute Gasteiger partial charge is 0.390 e. The van der Waals surface area contributed by atoms with Gasteiger partial charge in [0.2, 0.25) is 0 Å². The molecule has 0 aromatic carbocycles. The zero-order chi connectivity index (χ0) is 26.9. The molecule has 0 amide bonds. The van der Waals surface area contributed by atoms with Gasteiger partial charge in [0.05, 0.1) is 41.2 Å². The Labute approximate surface area is 218 Å². The maximum absolute atomic E-state index is 12.5. The Morgan fingerprint density at radius 3 is 2.19 bits per heavy atom. The van der Waals surface area contributed by atoms with E-state index in [0.717, 1.165) is 38.5 Å². The summed E-state index contributed by atoms with van der Waals surface area (Å²) in [6, 6.07) is 0. The van der Waals surface area contributed by atoms with Gasteiger partial charge < -0.3 is 29.9 Å². The summed E-state index contributed by atoms with van der Waals surface area (Å²) in [6.07, 6.45) is 4.00. The highest BCUT2D eigenvalue weighted by molar-refractivity contribution is 5.17. The number of rotatable bonds is 3. The first-order valence-corrected chi connectivity index (χ1v) is 14.3. The molecule has 2 saturated carbocycles. The molecule has 0 unspecified atom stereocenters. The predicted octanol–water partition coefficient (Wildman–Crippen LogP) is 4.51. The highest BCUT2D eigenvalue weighted by Crippen LogP contribution is 2.59. The summed E-state index contributed by atoms with van der Waals surface area (Å²) in [5.41, 5.74) is -2.14. The minimum Gasteiger partial charge on any atom is -0.390 e. The zero-order valence-electron chi connectivity index (χ0n) is 23.7. The molecule has 0 spiro atoms. The van der Waals surface area contributed by atoms with Crippen LogP contribution in [0.25, 0.3) is 0 Å². The van der Waals surface area contributed by atoms with Crippen LogP contribution in [0.5, 0.6) is 0 Å². The van der Waals surface area contributed by atoms with E-state index >= 15 is 0 Å². The molecule has 2 heterocycles. The van der Waals surface area contributed by atoms with Gasteiger partial charge in [-0.05, 0) is 97.3 Å². The molecule has 2 aliphatic carbocycles. The molecule has 208 valence electrons. The number of ether oxygens (including phenoxy) is 2. The summed E-state index contributed by atoms with van der Waals surface area (Å²) in [6.45, 7) is 18.6. The lowest BCUT2D eigenvalue weighted by molar-refractivity contribution is -0.234. The summed E-state index contributed by atoms with van der Waals surface area (Å²) < 4.78 is 13.0. The van der Waals surface area contributed by atoms with Crippen LogP contribution in [0.2, 0.25) is 0 Å². The monoisotopic (exact) mass is 508 g/mol. The Kier molecular flexibility index (Phi) is 7.37. The molecule has 0 bridgehead atoms. The van der Waals surface area contributed by atoms with Crippen LogP contribution >= 0.6 is 0 Å². The maximum atomic E-state index is 12.5. The standard InChI is InChI=1S/C30H52O6/c1-18-9-11-23-28(7,15-14-22(32)26(3,4)35-23)20(18)13-16-30(34)19(2)10-12-24-29(30,8)17-21(31)25(33)27(5,6)36-24/h19-25,31-34H,1,9-17H2,2-8H3/t19-,20-,21-,22-,23+,24+,25-,28-,29-,30+/m1/s1. The second-order valence-electron chi connectivity index (χ2n) is 14.3. The lowest BCUT2D eigenvalue weighted by Crippen LogP contribution is -2.61. The first-order chi connectivity index (χ1) is 16.5. The molecule has 4 aliphatic rings. The van der Waals surface area contributed by atoms with Crippen LogP contribution in [0.4, 0.5) is 0 Å². The Bertz CT molecular complexity index is 839. The second-order valence-corrected chi connectivity index (χ2v) is 14.3. The van der Waals surface area contributed by atoms with Gasteiger partial charge >= 0.3 is 0 Å². The van der Waals surface area contributed by atoms with Crippen LogP contribution in [0.15, 0.2) is 12.2 Å². The van der Waals surface area contributed by atoms with E-state index in [-0.39, 0.29) is 29.5 Å². The third kappa shape index (κ3) is 4.42. The molecular weight excluding hydrogens is 456 g/mol. The van der Waals surface area contributed by atoms with E-state index in [0.29, 0.717) is 19.3 Å². The molecule has 2 saturated heterocycles. The molecule has 0 aromatic heterocycles. The van der Waals surface area contributed by atoms with Crippen molar-refractivity contribution in [2.24, 2.45) is 22.7 Å². The van der Waals surface area contributed by atoms with Gasteiger partial charge in [0, 0.05) is 10.8 Å². The smallest absolute Gasteiger partial charge is 0.108 e. The minimum absolute atomic E-state index is 0.0412. The van der Waals surface area contributed by atoms with E-state index in [1.807, 2.05) is 27.7 Å². The van der Waals surface area contributed by atoms with Crippen molar-refractivity contribution in [3.8, 4) is 0 Å². The van der Waals surface area contributed by atoms with Crippen molar-refractivity contribution in [2.75, 3.05) is 0 Å². The molecular formula is C30H52O6. The van der Waals surface area contributed by atoms with Gasteiger partial charge in [-0.25, -0.2) is 0 Å². The summed E-state index contributed by atoms with van der Waals surface area (Å²) in [7, 11) is 0. The van der Waals surface area contributed by atoms with Crippen LogP contribution in [-0.4, -0.2) is 67.7 Å². The van der Waals surface area contributed by atoms with Gasteiger partial charge in [0.25, 0.3) is 0 Å². The molecule has 10 atom stereocenters. The molecule has 4 fully saturated rings. The first-order valence-electron chi connectivity index (χ1n) is 14.3. The van der Waals surface area contributed by atoms with E-state index in [1.54, 1.807) is 0 Å². The predicted molar refractivity (Wildman–Crippen MR) is 140 cm³/mol. The Morgan fingerprint density at radius 2 is 1.53 bits per heavy atom. The fourth-order valence-corrected chi connectivity index (χ4v) is 8.45. The van der Waals surface area contributed by atoms with E-state index in [1.165, 1.54) is 5.57 Å². The highest BCUT2D eigenvalue weighted by Gasteiger charge is 2.62. The molecule has 6 heteroatoms. The molecule has 4 rings (SSSR count). The van der Waals surface area contributed by atoms with Crippen molar-refractivity contribution in [3.63, 3.8) is 0 Å². The number of aliphatic hydroxyl groups is 4. The zero-order valence-corrected chi connectivity index (χ0v) is 23.7. The van der Waals surface area contributed by atoms with E-state index in [2.05, 4.69) is 27.4 Å². The van der Waals surface area contributed by atoms with E-state index < -0.39 is 40.5 Å². The minimum atomic E-state index is -1.05. The lowest BCUT2D eigenvalue weighted by Gasteiger charge is -2.57. The number of aliphatic hydroxyl groups excluding tert-OH is 3. The Hall–Kier alpha value is -0.500. The van der Waals surface area contributed by atoms with E-state index in [4.69, 9.17) is 9.47 Å². The normalized spacial score (nSPS) is 51.0. The van der Waals surface area contributed by atoms with Gasteiger partial charge in [-0.2, -0.15) is 0 Å². The number of allylic oxidation sites excluding steroid dienone is 1. The summed E-state index contributed by atoms with van der Waals surface area (Å²) in [5.74, 6) is 0.218. The Morgan fingerprint density at radius 1 is 0.889 bits per heavy atom. The molecule has 6 nitrogen and oxygen atoms in total. The van der Waals surface area contributed by atoms with Crippen LogP contribution < -0.4 is 0 Å². The number of hydrogen-bond donors (Lipinski definition) is 4. The van der Waals surface area contributed by atoms with Crippen LogP contribution in [-0.2, 0) is 9.47 Å². The molecule has 0 radical (unpaired) electrons. The molecule has 36 heavy (non-hydrogen) atoms. The highest BCUT2D eigenvalue weighted by atomic mass is 16.5. The Balaban J connectivity index is 1.63. The topological polar surface area (TPSA) is 99.4 Å². The van der Waals surface area contributed by atoms with Crippen LogP contribution in [0.3, 0.4) is 0 Å². The summed E-state index contributed by atoms with van der Waals surface area (Å²) in [5, 5.41) is 45.1. The van der Waals surface area contributed by atoms with Gasteiger partial charge in [0.15, 0.2) is 0 Å². The van der Waals surface area contributed by atoms with Crippen LogP contribution in [0, 0.1) is 22.7 Å². The third-order valence-corrected chi connectivity index (χ3v) is 11.3. The SMILES string of the molecule is C=C1CC[C@@H]2OC(C)(C)[C@H](O)CC[C@]2(C)[C@@H]1CC[C@]1(O)[C@H](C)CC[C@@H]2OC(C)(C)[C@H](O)[C@H](O)C[C@]21C. The average molecular weight is 509 g/mol. The summed E-state index contributed by atoms with van der Waals surface area (Å²) in [4.78, 5) is 0. The van der Waals surface area contributed by atoms with Crippen molar-refractivity contribution in [3.05, 3.63) is 12.2 Å². The van der Waals surface area contributed by atoms with Crippen molar-refractivity contribution < 1.29 is 29.9 Å². The van der Waals surface area contributed by atoms with E-state index in [9.17, 15) is 20.4 Å². The molecule has 0 aromatic rings. The van der Waals surface area contributed by atoms with Crippen LogP contribution in [0.1, 0.15) is 106 Å².